The van der Waals surface area contributed by atoms with E-state index >= 15 is 0 Å². The quantitative estimate of drug-likeness (QED) is 0.867. The molecule has 7 heteroatoms. The molecule has 0 radical (unpaired) electrons. The Morgan fingerprint density at radius 2 is 1.96 bits per heavy atom. The fourth-order valence-corrected chi connectivity index (χ4v) is 2.45. The van der Waals surface area contributed by atoms with E-state index in [2.05, 4.69) is 10.4 Å². The van der Waals surface area contributed by atoms with E-state index in [1.54, 1.807) is 35.0 Å². The summed E-state index contributed by atoms with van der Waals surface area (Å²) >= 11 is 0. The fraction of sp³-hybridized carbons (Fsp3) is 0.412. The molecular formula is C17H24ClFN4O. The summed E-state index contributed by atoms with van der Waals surface area (Å²) in [5.41, 5.74) is 2.16. The summed E-state index contributed by atoms with van der Waals surface area (Å²) in [6, 6.07) is 6.10. The van der Waals surface area contributed by atoms with Gasteiger partial charge in [0.2, 0.25) is 0 Å². The maximum atomic E-state index is 13.1. The minimum absolute atomic E-state index is 0. The molecule has 0 fully saturated rings. The van der Waals surface area contributed by atoms with E-state index in [4.69, 9.17) is 0 Å². The Morgan fingerprint density at radius 1 is 1.33 bits per heavy atom. The Bertz CT molecular complexity index is 670. The summed E-state index contributed by atoms with van der Waals surface area (Å²) in [4.78, 5) is 14.3. The van der Waals surface area contributed by atoms with Gasteiger partial charge in [-0.05, 0) is 37.2 Å². The number of aromatic nitrogens is 2. The third-order valence-electron chi connectivity index (χ3n) is 3.70. The van der Waals surface area contributed by atoms with Crippen LogP contribution in [-0.2, 0) is 0 Å². The number of hydrogen-bond acceptors (Lipinski definition) is 3. The van der Waals surface area contributed by atoms with Gasteiger partial charge in [0.15, 0.2) is 0 Å². The number of hydrogen-bond donors (Lipinski definition) is 1. The van der Waals surface area contributed by atoms with Gasteiger partial charge in [0, 0.05) is 20.1 Å². The van der Waals surface area contributed by atoms with Gasteiger partial charge >= 0.3 is 0 Å². The average molecular weight is 355 g/mol. The number of nitrogens with zero attached hydrogens (tertiary/aromatic N) is 3. The van der Waals surface area contributed by atoms with Crippen molar-refractivity contribution in [3.63, 3.8) is 0 Å². The molecule has 1 heterocycles. The zero-order valence-corrected chi connectivity index (χ0v) is 15.2. The standard InChI is InChI=1S/C17H23FN4O.ClH/c1-12(2)16-15(17(23)21(4)10-9-19-3)11-20-22(16)14-7-5-13(18)6-8-14;/h5-8,11-12,19H,9-10H2,1-4H3;1H. The third-order valence-corrected chi connectivity index (χ3v) is 3.70. The SMILES string of the molecule is CNCCN(C)C(=O)c1cnn(-c2ccc(F)cc2)c1C(C)C.Cl. The molecule has 0 bridgehead atoms. The van der Waals surface area contributed by atoms with Crippen LogP contribution in [-0.4, -0.2) is 47.8 Å². The molecule has 0 spiro atoms. The summed E-state index contributed by atoms with van der Waals surface area (Å²) in [7, 11) is 3.63. The summed E-state index contributed by atoms with van der Waals surface area (Å²) in [6.07, 6.45) is 1.59. The number of nitrogens with one attached hydrogen (secondary N) is 1. The van der Waals surface area contributed by atoms with Crippen LogP contribution in [0.2, 0.25) is 0 Å². The molecule has 1 N–H and O–H groups in total. The van der Waals surface area contributed by atoms with E-state index in [0.29, 0.717) is 12.1 Å². The van der Waals surface area contributed by atoms with Gasteiger partial charge in [0.05, 0.1) is 23.1 Å². The Labute approximate surface area is 148 Å². The first-order chi connectivity index (χ1) is 11.0. The van der Waals surface area contributed by atoms with E-state index < -0.39 is 0 Å². The molecule has 0 saturated carbocycles. The van der Waals surface area contributed by atoms with Crippen molar-refractivity contribution < 1.29 is 9.18 Å². The van der Waals surface area contributed by atoms with Gasteiger partial charge in [0.25, 0.3) is 5.91 Å². The van der Waals surface area contributed by atoms with Crippen molar-refractivity contribution in [3.8, 4) is 5.69 Å². The molecule has 2 rings (SSSR count). The molecular weight excluding hydrogens is 331 g/mol. The average Bonchev–Trinajstić information content (AvgIpc) is 2.97. The van der Waals surface area contributed by atoms with Gasteiger partial charge in [-0.3, -0.25) is 4.79 Å². The summed E-state index contributed by atoms with van der Waals surface area (Å²) in [6.45, 7) is 5.38. The topological polar surface area (TPSA) is 50.2 Å². The molecule has 0 aliphatic heterocycles. The molecule has 0 aliphatic carbocycles. The second kappa shape index (κ2) is 8.80. The zero-order chi connectivity index (χ0) is 17.0. The molecule has 1 aromatic heterocycles. The fourth-order valence-electron chi connectivity index (χ4n) is 2.45. The lowest BCUT2D eigenvalue weighted by molar-refractivity contribution is 0.0795. The highest BCUT2D eigenvalue weighted by Crippen LogP contribution is 2.24. The van der Waals surface area contributed by atoms with Crippen LogP contribution in [0.5, 0.6) is 0 Å². The predicted molar refractivity (Wildman–Crippen MR) is 95.7 cm³/mol. The van der Waals surface area contributed by atoms with E-state index in [1.807, 2.05) is 20.9 Å². The van der Waals surface area contributed by atoms with Crippen molar-refractivity contribution in [3.05, 3.63) is 47.5 Å². The summed E-state index contributed by atoms with van der Waals surface area (Å²) in [5.74, 6) is -0.244. The van der Waals surface area contributed by atoms with E-state index in [-0.39, 0.29) is 30.0 Å². The zero-order valence-electron chi connectivity index (χ0n) is 14.4. The molecule has 0 saturated heterocycles. The smallest absolute Gasteiger partial charge is 0.257 e. The normalized spacial score (nSPS) is 10.6. The van der Waals surface area contributed by atoms with Crippen LogP contribution in [0.1, 0.15) is 35.8 Å². The van der Waals surface area contributed by atoms with Crippen LogP contribution in [0, 0.1) is 5.82 Å². The number of halogens is 2. The lowest BCUT2D eigenvalue weighted by atomic mass is 10.0. The number of carbonyl (C=O) groups excluding carboxylic acids is 1. The van der Waals surface area contributed by atoms with Crippen LogP contribution < -0.4 is 5.32 Å². The molecule has 132 valence electrons. The first-order valence-corrected chi connectivity index (χ1v) is 7.69. The van der Waals surface area contributed by atoms with Gasteiger partial charge < -0.3 is 10.2 Å². The Morgan fingerprint density at radius 3 is 2.50 bits per heavy atom. The number of likely N-dealkylation sites (N-methyl/N-ethyl adjacent to an activating group) is 2. The van der Waals surface area contributed by atoms with Crippen LogP contribution in [0.3, 0.4) is 0 Å². The Balaban J connectivity index is 0.00000288. The summed E-state index contributed by atoms with van der Waals surface area (Å²) in [5, 5.41) is 7.38. The number of benzene rings is 1. The predicted octanol–water partition coefficient (Wildman–Crippen LogP) is 2.85. The van der Waals surface area contributed by atoms with Gasteiger partial charge in [0.1, 0.15) is 5.82 Å². The van der Waals surface area contributed by atoms with Crippen molar-refractivity contribution in [1.82, 2.24) is 20.0 Å². The lowest BCUT2D eigenvalue weighted by Crippen LogP contribution is -2.33. The maximum absolute atomic E-state index is 13.1. The van der Waals surface area contributed by atoms with Crippen LogP contribution in [0.15, 0.2) is 30.5 Å². The van der Waals surface area contributed by atoms with Crippen LogP contribution >= 0.6 is 12.4 Å². The Hall–Kier alpha value is -1.92. The first kappa shape index (κ1) is 20.1. The number of amides is 1. The largest absolute Gasteiger partial charge is 0.340 e. The Kier molecular flexibility index (Phi) is 7.38. The van der Waals surface area contributed by atoms with E-state index in [1.165, 1.54) is 12.1 Å². The second-order valence-corrected chi connectivity index (χ2v) is 5.82. The van der Waals surface area contributed by atoms with Gasteiger partial charge in [-0.15, -0.1) is 12.4 Å². The van der Waals surface area contributed by atoms with E-state index in [9.17, 15) is 9.18 Å². The highest BCUT2D eigenvalue weighted by Gasteiger charge is 2.23. The van der Waals surface area contributed by atoms with Crippen molar-refractivity contribution in [2.75, 3.05) is 27.2 Å². The summed E-state index contributed by atoms with van der Waals surface area (Å²) < 4.78 is 14.8. The molecule has 5 nitrogen and oxygen atoms in total. The monoisotopic (exact) mass is 354 g/mol. The second-order valence-electron chi connectivity index (χ2n) is 5.82. The van der Waals surface area contributed by atoms with Gasteiger partial charge in [-0.1, -0.05) is 13.8 Å². The number of rotatable bonds is 6. The molecule has 0 aliphatic rings. The minimum atomic E-state index is -0.296. The van der Waals surface area contributed by atoms with Gasteiger partial charge in [-0.25, -0.2) is 9.07 Å². The third kappa shape index (κ3) is 4.33. The van der Waals surface area contributed by atoms with Crippen molar-refractivity contribution in [1.29, 1.82) is 0 Å². The molecule has 0 unspecified atom stereocenters. The number of carbonyl (C=O) groups is 1. The minimum Gasteiger partial charge on any atom is -0.340 e. The lowest BCUT2D eigenvalue weighted by Gasteiger charge is -2.18. The molecule has 0 atom stereocenters. The van der Waals surface area contributed by atoms with Crippen molar-refractivity contribution in [2.45, 2.75) is 19.8 Å². The van der Waals surface area contributed by atoms with Crippen LogP contribution in [0.4, 0.5) is 4.39 Å². The highest BCUT2D eigenvalue weighted by atomic mass is 35.5. The van der Waals surface area contributed by atoms with Crippen molar-refractivity contribution >= 4 is 18.3 Å². The van der Waals surface area contributed by atoms with E-state index in [0.717, 1.165) is 17.9 Å². The molecule has 1 amide bonds. The maximum Gasteiger partial charge on any atom is 0.257 e. The molecule has 2 aromatic rings. The molecule has 1 aromatic carbocycles. The van der Waals surface area contributed by atoms with Gasteiger partial charge in [-0.2, -0.15) is 5.10 Å². The highest BCUT2D eigenvalue weighted by molar-refractivity contribution is 5.95. The first-order valence-electron chi connectivity index (χ1n) is 7.69. The van der Waals surface area contributed by atoms with Crippen molar-refractivity contribution in [2.24, 2.45) is 0 Å². The molecule has 24 heavy (non-hydrogen) atoms. The van der Waals surface area contributed by atoms with Crippen LogP contribution in [0.25, 0.3) is 5.69 Å².